The third-order valence-corrected chi connectivity index (χ3v) is 6.19. The lowest BCUT2D eigenvalue weighted by molar-refractivity contribution is -0.131. The van der Waals surface area contributed by atoms with Crippen LogP contribution in [0.25, 0.3) is 0 Å². The van der Waals surface area contributed by atoms with Gasteiger partial charge in [-0.25, -0.2) is 8.42 Å². The molecule has 1 N–H and O–H groups in total. The van der Waals surface area contributed by atoms with Gasteiger partial charge in [-0.2, -0.15) is 0 Å². The van der Waals surface area contributed by atoms with Crippen LogP contribution in [0, 0.1) is 0 Å². The number of carbonyl (C=O) groups excluding carboxylic acids is 1. The molecule has 0 aromatic heterocycles. The molecule has 2 rings (SSSR count). The molecule has 0 radical (unpaired) electrons. The second-order valence-corrected chi connectivity index (χ2v) is 8.46. The Hall–Kier alpha value is -1.31. The number of benzene rings is 1. The highest BCUT2D eigenvalue weighted by atomic mass is 35.5. The van der Waals surface area contributed by atoms with E-state index in [-0.39, 0.29) is 24.4 Å². The molecule has 1 aliphatic heterocycles. The van der Waals surface area contributed by atoms with Crippen LogP contribution in [-0.2, 0) is 14.6 Å². The molecular weight excluding hydrogens is 352 g/mol. The number of para-hydroxylation sites is 1. The Balaban J connectivity index is 0.00000288. The summed E-state index contributed by atoms with van der Waals surface area (Å²) in [4.78, 5) is 14.2. The van der Waals surface area contributed by atoms with Crippen LogP contribution < -0.4 is 10.1 Å². The number of halogens is 1. The third kappa shape index (κ3) is 4.62. The minimum absolute atomic E-state index is 0. The fourth-order valence-corrected chi connectivity index (χ4v) is 3.49. The SMILES string of the molecule is COc1ccccc1C1CNCCN1C(=O)CS(=O)(=O)C(C)C.Cl. The average molecular weight is 377 g/mol. The lowest BCUT2D eigenvalue weighted by Crippen LogP contribution is -2.50. The van der Waals surface area contributed by atoms with Gasteiger partial charge in [0.1, 0.15) is 11.5 Å². The topological polar surface area (TPSA) is 75.7 Å². The van der Waals surface area contributed by atoms with Crippen molar-refractivity contribution in [2.24, 2.45) is 0 Å². The molecule has 24 heavy (non-hydrogen) atoms. The third-order valence-electron chi connectivity index (χ3n) is 4.10. The van der Waals surface area contributed by atoms with E-state index >= 15 is 0 Å². The minimum atomic E-state index is -3.41. The molecule has 0 spiro atoms. The number of hydrogen-bond acceptors (Lipinski definition) is 5. The molecule has 8 heteroatoms. The number of sulfone groups is 1. The second-order valence-electron chi connectivity index (χ2n) is 5.90. The van der Waals surface area contributed by atoms with Gasteiger partial charge >= 0.3 is 0 Å². The summed E-state index contributed by atoms with van der Waals surface area (Å²) < 4.78 is 29.5. The maximum atomic E-state index is 12.6. The van der Waals surface area contributed by atoms with Gasteiger partial charge in [-0.3, -0.25) is 4.79 Å². The van der Waals surface area contributed by atoms with Crippen molar-refractivity contribution in [2.45, 2.75) is 25.1 Å². The number of ether oxygens (including phenoxy) is 1. The fraction of sp³-hybridized carbons (Fsp3) is 0.562. The quantitative estimate of drug-likeness (QED) is 0.841. The monoisotopic (exact) mass is 376 g/mol. The van der Waals surface area contributed by atoms with Crippen molar-refractivity contribution in [2.75, 3.05) is 32.5 Å². The minimum Gasteiger partial charge on any atom is -0.496 e. The van der Waals surface area contributed by atoms with Crippen LogP contribution >= 0.6 is 12.4 Å². The van der Waals surface area contributed by atoms with Gasteiger partial charge in [0, 0.05) is 25.2 Å². The van der Waals surface area contributed by atoms with Crippen LogP contribution in [0.5, 0.6) is 5.75 Å². The molecule has 1 aromatic rings. The van der Waals surface area contributed by atoms with E-state index < -0.39 is 20.8 Å². The number of nitrogens with zero attached hydrogens (tertiary/aromatic N) is 1. The zero-order chi connectivity index (χ0) is 17.0. The zero-order valence-corrected chi connectivity index (χ0v) is 15.8. The van der Waals surface area contributed by atoms with Gasteiger partial charge in [0.25, 0.3) is 0 Å². The molecule has 0 aliphatic carbocycles. The van der Waals surface area contributed by atoms with Crippen LogP contribution in [0.2, 0.25) is 0 Å². The van der Waals surface area contributed by atoms with Gasteiger partial charge in [0.05, 0.1) is 18.4 Å². The maximum absolute atomic E-state index is 12.6. The molecule has 1 aliphatic rings. The first kappa shape index (κ1) is 20.7. The fourth-order valence-electron chi connectivity index (χ4n) is 2.64. The summed E-state index contributed by atoms with van der Waals surface area (Å²) in [5.74, 6) is -0.0992. The highest BCUT2D eigenvalue weighted by molar-refractivity contribution is 7.92. The van der Waals surface area contributed by atoms with Gasteiger partial charge in [0.15, 0.2) is 9.84 Å². The first-order valence-corrected chi connectivity index (χ1v) is 9.43. The van der Waals surface area contributed by atoms with Crippen molar-refractivity contribution < 1.29 is 17.9 Å². The van der Waals surface area contributed by atoms with Crippen LogP contribution in [-0.4, -0.2) is 57.0 Å². The van der Waals surface area contributed by atoms with Crippen molar-refractivity contribution in [1.29, 1.82) is 0 Å². The number of hydrogen-bond donors (Lipinski definition) is 1. The molecular formula is C16H25ClN2O4S. The molecule has 1 heterocycles. The summed E-state index contributed by atoms with van der Waals surface area (Å²) in [6.07, 6.45) is 0. The van der Waals surface area contributed by atoms with Crippen LogP contribution in [0.1, 0.15) is 25.5 Å². The van der Waals surface area contributed by atoms with Crippen molar-refractivity contribution in [1.82, 2.24) is 10.2 Å². The summed E-state index contributed by atoms with van der Waals surface area (Å²) >= 11 is 0. The van der Waals surface area contributed by atoms with E-state index in [2.05, 4.69) is 5.32 Å². The molecule has 1 aromatic carbocycles. The molecule has 1 fully saturated rings. The Morgan fingerprint density at radius 3 is 2.67 bits per heavy atom. The summed E-state index contributed by atoms with van der Waals surface area (Å²) in [5, 5.41) is 2.70. The second kappa shape index (κ2) is 8.69. The molecule has 136 valence electrons. The van der Waals surface area contributed by atoms with Gasteiger partial charge in [-0.15, -0.1) is 12.4 Å². The molecule has 1 saturated heterocycles. The Bertz CT molecular complexity index is 664. The van der Waals surface area contributed by atoms with Crippen molar-refractivity contribution in [3.63, 3.8) is 0 Å². The Kier molecular flexibility index (Phi) is 7.51. The van der Waals surface area contributed by atoms with E-state index in [1.165, 1.54) is 0 Å². The Morgan fingerprint density at radius 2 is 2.04 bits per heavy atom. The largest absolute Gasteiger partial charge is 0.496 e. The molecule has 6 nitrogen and oxygen atoms in total. The summed E-state index contributed by atoms with van der Waals surface area (Å²) in [6.45, 7) is 4.90. The van der Waals surface area contributed by atoms with E-state index in [0.29, 0.717) is 25.4 Å². The van der Waals surface area contributed by atoms with Gasteiger partial charge in [-0.05, 0) is 19.9 Å². The summed E-state index contributed by atoms with van der Waals surface area (Å²) in [7, 11) is -1.82. The van der Waals surface area contributed by atoms with E-state index in [0.717, 1.165) is 5.56 Å². The highest BCUT2D eigenvalue weighted by Gasteiger charge is 2.32. The van der Waals surface area contributed by atoms with E-state index in [1.807, 2.05) is 24.3 Å². The predicted octanol–water partition coefficient (Wildman–Crippen LogP) is 1.41. The highest BCUT2D eigenvalue weighted by Crippen LogP contribution is 2.30. The van der Waals surface area contributed by atoms with Crippen molar-refractivity contribution in [3.8, 4) is 5.75 Å². The van der Waals surface area contributed by atoms with Crippen LogP contribution in [0.4, 0.5) is 0 Å². The van der Waals surface area contributed by atoms with Gasteiger partial charge < -0.3 is 15.0 Å². The summed E-state index contributed by atoms with van der Waals surface area (Å²) in [5.41, 5.74) is 0.887. The van der Waals surface area contributed by atoms with E-state index in [4.69, 9.17) is 4.74 Å². The lowest BCUT2D eigenvalue weighted by Gasteiger charge is -2.37. The van der Waals surface area contributed by atoms with Crippen LogP contribution in [0.15, 0.2) is 24.3 Å². The first-order valence-electron chi connectivity index (χ1n) is 7.71. The molecule has 1 amide bonds. The normalized spacial score (nSPS) is 18.2. The maximum Gasteiger partial charge on any atom is 0.238 e. The van der Waals surface area contributed by atoms with Crippen LogP contribution in [0.3, 0.4) is 0 Å². The van der Waals surface area contributed by atoms with Crippen molar-refractivity contribution in [3.05, 3.63) is 29.8 Å². The molecule has 1 atom stereocenters. The molecule has 0 saturated carbocycles. The number of nitrogens with one attached hydrogen (secondary N) is 1. The first-order chi connectivity index (χ1) is 10.9. The van der Waals surface area contributed by atoms with E-state index in [1.54, 1.807) is 25.9 Å². The van der Waals surface area contributed by atoms with Crippen molar-refractivity contribution >= 4 is 28.2 Å². The Labute approximate surface area is 149 Å². The number of methoxy groups -OCH3 is 1. The lowest BCUT2D eigenvalue weighted by atomic mass is 10.0. The predicted molar refractivity (Wildman–Crippen MR) is 96.5 cm³/mol. The average Bonchev–Trinajstić information content (AvgIpc) is 2.54. The number of carbonyl (C=O) groups is 1. The van der Waals surface area contributed by atoms with Gasteiger partial charge in [-0.1, -0.05) is 18.2 Å². The number of piperazine rings is 1. The standard InChI is InChI=1S/C16H24N2O4S.ClH/c1-12(2)23(20,21)11-16(19)18-9-8-17-10-14(18)13-6-4-5-7-15(13)22-3;/h4-7,12,14,17H,8-11H2,1-3H3;1H. The molecule has 0 bridgehead atoms. The van der Waals surface area contributed by atoms with E-state index in [9.17, 15) is 13.2 Å². The summed E-state index contributed by atoms with van der Waals surface area (Å²) in [6, 6.07) is 7.29. The number of rotatable bonds is 5. The molecule has 1 unspecified atom stereocenters. The zero-order valence-electron chi connectivity index (χ0n) is 14.2. The smallest absolute Gasteiger partial charge is 0.238 e. The number of amides is 1. The Morgan fingerprint density at radius 1 is 1.38 bits per heavy atom. The van der Waals surface area contributed by atoms with Gasteiger partial charge in [0.2, 0.25) is 5.91 Å².